The van der Waals surface area contributed by atoms with E-state index < -0.39 is 15.4 Å². The zero-order chi connectivity index (χ0) is 27.2. The van der Waals surface area contributed by atoms with Crippen molar-refractivity contribution in [1.82, 2.24) is 9.21 Å². The molecule has 0 bridgehead atoms. The second-order valence-electron chi connectivity index (χ2n) is 10.8. The van der Waals surface area contributed by atoms with Crippen LogP contribution in [0.15, 0.2) is 65.6 Å². The van der Waals surface area contributed by atoms with Crippen LogP contribution in [0, 0.1) is 6.92 Å². The fraction of sp³-hybridized carbons (Fsp3) is 0.387. The molecule has 39 heavy (non-hydrogen) atoms. The molecule has 0 amide bonds. The number of likely N-dealkylation sites (N-methyl/N-ethyl adjacent to an activating group) is 1. The third-order valence-corrected chi connectivity index (χ3v) is 10.4. The van der Waals surface area contributed by atoms with Crippen molar-refractivity contribution in [3.8, 4) is 22.6 Å². The number of benzene rings is 3. The monoisotopic (exact) mass is 546 g/mol. The largest absolute Gasteiger partial charge is 0.454 e. The van der Waals surface area contributed by atoms with Crippen LogP contribution < -0.4 is 9.47 Å². The third-order valence-electron chi connectivity index (χ3n) is 8.46. The quantitative estimate of drug-likeness (QED) is 0.412. The van der Waals surface area contributed by atoms with Crippen molar-refractivity contribution in [2.75, 3.05) is 39.5 Å². The summed E-state index contributed by atoms with van der Waals surface area (Å²) in [6.45, 7) is 7.83. The Kier molecular flexibility index (Phi) is 6.73. The number of rotatable bonds is 8. The lowest BCUT2D eigenvalue weighted by molar-refractivity contribution is -0.120. The van der Waals surface area contributed by atoms with Gasteiger partial charge in [0.05, 0.1) is 10.3 Å². The molecular formula is C31H34N2O5S. The third kappa shape index (κ3) is 4.86. The van der Waals surface area contributed by atoms with Crippen molar-refractivity contribution in [3.63, 3.8) is 0 Å². The average Bonchev–Trinajstić information content (AvgIpc) is 3.64. The minimum atomic E-state index is -3.52. The van der Waals surface area contributed by atoms with Gasteiger partial charge in [-0.3, -0.25) is 4.79 Å². The molecule has 0 radical (unpaired) electrons. The number of sulfonamides is 1. The molecule has 1 aliphatic carbocycles. The fourth-order valence-electron chi connectivity index (χ4n) is 5.73. The van der Waals surface area contributed by atoms with E-state index in [-0.39, 0.29) is 12.6 Å². The van der Waals surface area contributed by atoms with Gasteiger partial charge in [-0.2, -0.15) is 4.31 Å². The van der Waals surface area contributed by atoms with Gasteiger partial charge < -0.3 is 14.4 Å². The highest BCUT2D eigenvalue weighted by Gasteiger charge is 2.50. The van der Waals surface area contributed by atoms with E-state index in [0.29, 0.717) is 30.2 Å². The van der Waals surface area contributed by atoms with E-state index in [2.05, 4.69) is 17.9 Å². The average molecular weight is 547 g/mol. The highest BCUT2D eigenvalue weighted by molar-refractivity contribution is 7.89. The first kappa shape index (κ1) is 26.0. The summed E-state index contributed by atoms with van der Waals surface area (Å²) < 4.78 is 39.0. The molecule has 0 spiro atoms. The topological polar surface area (TPSA) is 76.2 Å². The predicted octanol–water partition coefficient (Wildman–Crippen LogP) is 4.56. The molecule has 8 heteroatoms. The first-order valence-electron chi connectivity index (χ1n) is 13.7. The van der Waals surface area contributed by atoms with E-state index in [1.165, 1.54) is 0 Å². The lowest BCUT2D eigenvalue weighted by Crippen LogP contribution is -2.48. The van der Waals surface area contributed by atoms with E-state index >= 15 is 0 Å². The van der Waals surface area contributed by atoms with Crippen LogP contribution in [-0.2, 0) is 26.7 Å². The maximum Gasteiger partial charge on any atom is 0.243 e. The van der Waals surface area contributed by atoms with E-state index in [1.54, 1.807) is 16.4 Å². The zero-order valence-electron chi connectivity index (χ0n) is 22.5. The van der Waals surface area contributed by atoms with Gasteiger partial charge in [-0.25, -0.2) is 8.42 Å². The molecule has 6 rings (SSSR count). The summed E-state index contributed by atoms with van der Waals surface area (Å²) in [7, 11) is -3.52. The van der Waals surface area contributed by atoms with Gasteiger partial charge in [0.15, 0.2) is 11.5 Å². The molecule has 0 atom stereocenters. The number of piperazine rings is 1. The van der Waals surface area contributed by atoms with Crippen molar-refractivity contribution in [3.05, 3.63) is 77.4 Å². The maximum atomic E-state index is 13.5. The Morgan fingerprint density at radius 1 is 0.897 bits per heavy atom. The number of carbonyl (C=O) groups is 1. The summed E-state index contributed by atoms with van der Waals surface area (Å²) in [5.41, 5.74) is 4.52. The van der Waals surface area contributed by atoms with Gasteiger partial charge in [0, 0.05) is 32.6 Å². The molecule has 2 heterocycles. The normalized spacial score (nSPS) is 18.7. The summed E-state index contributed by atoms with van der Waals surface area (Å²) in [4.78, 5) is 16.1. The molecule has 1 saturated heterocycles. The molecule has 204 valence electrons. The Morgan fingerprint density at radius 3 is 2.31 bits per heavy atom. The summed E-state index contributed by atoms with van der Waals surface area (Å²) in [5.74, 6) is 1.64. The van der Waals surface area contributed by atoms with Crippen LogP contribution in [0.2, 0.25) is 0 Å². The lowest BCUT2D eigenvalue weighted by Gasteiger charge is -2.33. The predicted molar refractivity (Wildman–Crippen MR) is 150 cm³/mol. The van der Waals surface area contributed by atoms with E-state index in [4.69, 9.17) is 9.47 Å². The molecular weight excluding hydrogens is 512 g/mol. The Bertz CT molecular complexity index is 1500. The summed E-state index contributed by atoms with van der Waals surface area (Å²) in [5, 5.41) is 0. The molecule has 1 saturated carbocycles. The highest BCUT2D eigenvalue weighted by atomic mass is 32.2. The van der Waals surface area contributed by atoms with Crippen LogP contribution in [0.1, 0.15) is 36.5 Å². The first-order valence-corrected chi connectivity index (χ1v) is 15.1. The van der Waals surface area contributed by atoms with E-state index in [1.807, 2.05) is 49.4 Å². The van der Waals surface area contributed by atoms with Crippen LogP contribution in [0.4, 0.5) is 0 Å². The number of ether oxygens (including phenoxy) is 2. The molecule has 3 aromatic carbocycles. The van der Waals surface area contributed by atoms with Gasteiger partial charge in [-0.15, -0.1) is 0 Å². The van der Waals surface area contributed by atoms with Gasteiger partial charge in [0.2, 0.25) is 16.8 Å². The number of hydrogen-bond acceptors (Lipinski definition) is 6. The Labute approximate surface area is 230 Å². The summed E-state index contributed by atoms with van der Waals surface area (Å²) in [6.07, 6.45) is 2.03. The van der Waals surface area contributed by atoms with E-state index in [0.717, 1.165) is 66.0 Å². The number of nitrogens with zero attached hydrogens (tertiary/aromatic N) is 2. The second kappa shape index (κ2) is 10.1. The van der Waals surface area contributed by atoms with Gasteiger partial charge >= 0.3 is 0 Å². The number of fused-ring (bicyclic) bond motifs is 1. The smallest absolute Gasteiger partial charge is 0.243 e. The van der Waals surface area contributed by atoms with E-state index in [9.17, 15) is 13.2 Å². The molecule has 7 nitrogen and oxygen atoms in total. The summed E-state index contributed by atoms with van der Waals surface area (Å²) >= 11 is 0. The van der Waals surface area contributed by atoms with Crippen LogP contribution in [0.3, 0.4) is 0 Å². The molecule has 2 aliphatic heterocycles. The summed E-state index contributed by atoms with van der Waals surface area (Å²) in [6, 6.07) is 19.1. The number of Topliss-reactive ketones (excluding diaryl/α,β-unsaturated/α-hetero) is 1. The molecule has 0 N–H and O–H groups in total. The molecule has 3 aliphatic rings. The van der Waals surface area contributed by atoms with Crippen LogP contribution in [0.5, 0.6) is 11.5 Å². The Morgan fingerprint density at radius 2 is 1.62 bits per heavy atom. The van der Waals surface area contributed by atoms with Gasteiger partial charge in [0.1, 0.15) is 5.78 Å². The maximum absolute atomic E-state index is 13.5. The lowest BCUT2D eigenvalue weighted by atomic mass is 9.87. The number of carbonyl (C=O) groups excluding carboxylic acids is 1. The van der Waals surface area contributed by atoms with Gasteiger partial charge in [0.25, 0.3) is 0 Å². The van der Waals surface area contributed by atoms with Crippen molar-refractivity contribution >= 4 is 15.8 Å². The van der Waals surface area contributed by atoms with Crippen molar-refractivity contribution in [1.29, 1.82) is 0 Å². The molecule has 2 fully saturated rings. The van der Waals surface area contributed by atoms with Crippen LogP contribution in [-0.4, -0.2) is 62.9 Å². The standard InChI is InChI=1S/C31H34N2O5S/c1-3-32-14-16-33(17-15-32)39(35,36)26-9-6-24(7-10-26)27-18-23(5-4-22(27)2)19-30(34)31(12-13-31)25-8-11-28-29(20-25)38-21-37-28/h4-11,18,20H,3,12-17,19,21H2,1-2H3. The minimum Gasteiger partial charge on any atom is -0.454 e. The zero-order valence-corrected chi connectivity index (χ0v) is 23.3. The Balaban J connectivity index is 1.19. The molecule has 0 aromatic heterocycles. The van der Waals surface area contributed by atoms with Gasteiger partial charge in [-0.1, -0.05) is 43.3 Å². The van der Waals surface area contributed by atoms with Crippen molar-refractivity contribution in [2.45, 2.75) is 43.4 Å². The first-order chi connectivity index (χ1) is 18.8. The molecule has 0 unspecified atom stereocenters. The number of aryl methyl sites for hydroxylation is 1. The van der Waals surface area contributed by atoms with Crippen molar-refractivity contribution in [2.24, 2.45) is 0 Å². The minimum absolute atomic E-state index is 0.209. The Hall–Kier alpha value is -3.20. The fourth-order valence-corrected chi connectivity index (χ4v) is 7.16. The van der Waals surface area contributed by atoms with Crippen LogP contribution >= 0.6 is 0 Å². The number of ketones is 1. The molecule has 3 aromatic rings. The second-order valence-corrected chi connectivity index (χ2v) is 12.7. The van der Waals surface area contributed by atoms with Gasteiger partial charge in [-0.05, 0) is 78.4 Å². The SMILES string of the molecule is CCN1CCN(S(=O)(=O)c2ccc(-c3cc(CC(=O)C4(c5ccc6c(c5)OCO6)CC4)ccc3C)cc2)CC1. The highest BCUT2D eigenvalue weighted by Crippen LogP contribution is 2.51. The van der Waals surface area contributed by atoms with Crippen molar-refractivity contribution < 1.29 is 22.7 Å². The number of hydrogen-bond donors (Lipinski definition) is 0. The van der Waals surface area contributed by atoms with Crippen LogP contribution in [0.25, 0.3) is 11.1 Å².